The number of carbonyl (C=O) groups excluding carboxylic acids is 4. The molecule has 0 bridgehead atoms. The number of likely N-dealkylation sites (tertiary alicyclic amines) is 2. The van der Waals surface area contributed by atoms with Crippen molar-refractivity contribution in [3.05, 3.63) is 132 Å². The number of anilines is 2. The molecule has 2 atom stereocenters. The first-order valence-corrected chi connectivity index (χ1v) is 16.5. The van der Waals surface area contributed by atoms with E-state index in [2.05, 4.69) is 45.6 Å². The molecule has 0 radical (unpaired) electrons. The lowest BCUT2D eigenvalue weighted by Gasteiger charge is -2.24. The van der Waals surface area contributed by atoms with Gasteiger partial charge in [0, 0.05) is 59.1 Å². The highest BCUT2D eigenvalue weighted by Gasteiger charge is 2.37. The van der Waals surface area contributed by atoms with Gasteiger partial charge in [-0.05, 0) is 86.3 Å². The first-order chi connectivity index (χ1) is 24.4. The third-order valence-electron chi connectivity index (χ3n) is 8.81. The molecule has 2 aliphatic heterocycles. The third kappa shape index (κ3) is 7.37. The van der Waals surface area contributed by atoms with Crippen molar-refractivity contribution in [1.29, 1.82) is 0 Å². The van der Waals surface area contributed by atoms with Crippen LogP contribution in [0.4, 0.5) is 11.4 Å². The smallest absolute Gasteiger partial charge is 0.273 e. The Morgan fingerprint density at radius 1 is 0.640 bits per heavy atom. The van der Waals surface area contributed by atoms with Crippen molar-refractivity contribution >= 4 is 47.2 Å². The summed E-state index contributed by atoms with van der Waals surface area (Å²) in [7, 11) is 0. The van der Waals surface area contributed by atoms with Gasteiger partial charge in [-0.25, -0.2) is 0 Å². The van der Waals surface area contributed by atoms with E-state index in [1.54, 1.807) is 82.9 Å². The highest BCUT2D eigenvalue weighted by atomic mass is 16.2. The van der Waals surface area contributed by atoms with E-state index in [0.717, 1.165) is 24.0 Å². The molecule has 250 valence electrons. The zero-order chi connectivity index (χ0) is 35.0. The number of aromatic nitrogens is 2. The fourth-order valence-electron chi connectivity index (χ4n) is 6.23. The normalized spacial score (nSPS) is 16.6. The maximum atomic E-state index is 13.2. The summed E-state index contributed by atoms with van der Waals surface area (Å²) in [6.45, 7) is 8.49. The Hall–Kier alpha value is -6.34. The Morgan fingerprint density at radius 2 is 1.04 bits per heavy atom. The van der Waals surface area contributed by atoms with Crippen LogP contribution in [0, 0.1) is 11.8 Å². The van der Waals surface area contributed by atoms with Crippen LogP contribution in [0.5, 0.6) is 0 Å². The van der Waals surface area contributed by atoms with E-state index in [-0.39, 0.29) is 35.0 Å². The lowest BCUT2D eigenvalue weighted by atomic mass is 10.1. The second kappa shape index (κ2) is 15.3. The number of rotatable bonds is 8. The summed E-state index contributed by atoms with van der Waals surface area (Å²) >= 11 is 0. The summed E-state index contributed by atoms with van der Waals surface area (Å²) in [5.41, 5.74) is 4.56. The van der Waals surface area contributed by atoms with Gasteiger partial charge in [0.1, 0.15) is 23.5 Å². The summed E-state index contributed by atoms with van der Waals surface area (Å²) in [6, 6.07) is 20.2. The van der Waals surface area contributed by atoms with Gasteiger partial charge in [-0.2, -0.15) is 0 Å². The van der Waals surface area contributed by atoms with Crippen molar-refractivity contribution < 1.29 is 19.2 Å². The first-order valence-electron chi connectivity index (χ1n) is 16.5. The van der Waals surface area contributed by atoms with E-state index in [4.69, 9.17) is 0 Å². The zero-order valence-corrected chi connectivity index (χ0v) is 27.5. The highest BCUT2D eigenvalue weighted by molar-refractivity contribution is 6.03. The standard InChI is InChI=1S/C40H36N6O4/c1-3-29-9-5-23-41-35(29)39(49)45-25-7-11-33(45)37(47)43-31-19-15-27(16-20-31)13-14-28-17-21-32(22-18-28)44-38(48)34-12-8-26-46(34)40(50)36-30(4-2)10-6-24-42-36/h3-6,9-10,15-24,33-34H,1-2,7-8,11-12,25-26H2,(H,43,47)(H,44,48)/t33-,34+. The Balaban J connectivity index is 1.03. The van der Waals surface area contributed by atoms with E-state index in [9.17, 15) is 19.2 Å². The fraction of sp³-hybridized carbons (Fsp3) is 0.200. The van der Waals surface area contributed by atoms with Gasteiger partial charge in [-0.3, -0.25) is 29.1 Å². The van der Waals surface area contributed by atoms with Crippen molar-refractivity contribution in [2.24, 2.45) is 0 Å². The summed E-state index contributed by atoms with van der Waals surface area (Å²) in [6.07, 6.45) is 8.90. The van der Waals surface area contributed by atoms with Crippen LogP contribution >= 0.6 is 0 Å². The van der Waals surface area contributed by atoms with E-state index in [0.29, 0.717) is 48.4 Å². The number of carbonyl (C=O) groups is 4. The molecule has 2 aromatic heterocycles. The number of hydrogen-bond donors (Lipinski definition) is 2. The number of amides is 4. The minimum Gasteiger partial charge on any atom is -0.325 e. The molecule has 2 aromatic carbocycles. The largest absolute Gasteiger partial charge is 0.325 e. The summed E-state index contributed by atoms with van der Waals surface area (Å²) in [5, 5.41) is 5.86. The fourth-order valence-corrected chi connectivity index (χ4v) is 6.23. The van der Waals surface area contributed by atoms with Gasteiger partial charge in [-0.15, -0.1) is 0 Å². The van der Waals surface area contributed by atoms with Crippen molar-refractivity contribution in [3.63, 3.8) is 0 Å². The molecular formula is C40H36N6O4. The van der Waals surface area contributed by atoms with Gasteiger partial charge >= 0.3 is 0 Å². The van der Waals surface area contributed by atoms with Crippen molar-refractivity contribution in [2.75, 3.05) is 23.7 Å². The number of hydrogen-bond acceptors (Lipinski definition) is 6. The second-order valence-corrected chi connectivity index (χ2v) is 12.0. The van der Waals surface area contributed by atoms with E-state index in [1.807, 2.05) is 24.3 Å². The number of nitrogens with one attached hydrogen (secondary N) is 2. The molecule has 2 N–H and O–H groups in total. The van der Waals surface area contributed by atoms with E-state index in [1.165, 1.54) is 0 Å². The second-order valence-electron chi connectivity index (χ2n) is 12.0. The van der Waals surface area contributed by atoms with Crippen molar-refractivity contribution in [3.8, 4) is 11.8 Å². The lowest BCUT2D eigenvalue weighted by Crippen LogP contribution is -2.43. The van der Waals surface area contributed by atoms with Crippen LogP contribution in [0.3, 0.4) is 0 Å². The monoisotopic (exact) mass is 664 g/mol. The molecule has 10 nitrogen and oxygen atoms in total. The van der Waals surface area contributed by atoms with Gasteiger partial charge < -0.3 is 20.4 Å². The summed E-state index contributed by atoms with van der Waals surface area (Å²) < 4.78 is 0. The highest BCUT2D eigenvalue weighted by Crippen LogP contribution is 2.24. The average Bonchev–Trinajstić information content (AvgIpc) is 3.86. The molecule has 4 heterocycles. The first kappa shape index (κ1) is 33.6. The molecule has 50 heavy (non-hydrogen) atoms. The summed E-state index contributed by atoms with van der Waals surface area (Å²) in [5.74, 6) is 5.18. The number of pyridine rings is 2. The third-order valence-corrected chi connectivity index (χ3v) is 8.81. The Bertz CT molecular complexity index is 1870. The van der Waals surface area contributed by atoms with Gasteiger partial charge in [-0.1, -0.05) is 49.3 Å². The lowest BCUT2D eigenvalue weighted by molar-refractivity contribution is -0.120. The van der Waals surface area contributed by atoms with Crippen LogP contribution in [0.2, 0.25) is 0 Å². The van der Waals surface area contributed by atoms with Crippen molar-refractivity contribution in [2.45, 2.75) is 37.8 Å². The molecular weight excluding hydrogens is 628 g/mol. The van der Waals surface area contributed by atoms with Crippen LogP contribution in [0.15, 0.2) is 98.3 Å². The SMILES string of the molecule is C=Cc1cccnc1C(=O)N1CCC[C@@H]1C(=O)Nc1ccc(C#Cc2ccc(NC(=O)[C@@H]3CCCN3C(=O)c3ncccc3C=C)cc2)cc1. The molecule has 0 unspecified atom stereocenters. The molecule has 2 aliphatic rings. The number of nitrogens with zero attached hydrogens (tertiary/aromatic N) is 4. The maximum Gasteiger partial charge on any atom is 0.273 e. The zero-order valence-electron chi connectivity index (χ0n) is 27.5. The molecule has 0 aliphatic carbocycles. The van der Waals surface area contributed by atoms with E-state index >= 15 is 0 Å². The van der Waals surface area contributed by atoms with Crippen LogP contribution in [0.1, 0.15) is 68.9 Å². The molecule has 4 amide bonds. The quantitative estimate of drug-likeness (QED) is 0.235. The maximum absolute atomic E-state index is 13.2. The molecule has 10 heteroatoms. The van der Waals surface area contributed by atoms with Crippen molar-refractivity contribution in [1.82, 2.24) is 19.8 Å². The van der Waals surface area contributed by atoms with Crippen LogP contribution < -0.4 is 10.6 Å². The van der Waals surface area contributed by atoms with Gasteiger partial charge in [0.25, 0.3) is 11.8 Å². The predicted octanol–water partition coefficient (Wildman–Crippen LogP) is 5.65. The minimum atomic E-state index is -0.592. The molecule has 2 saturated heterocycles. The average molecular weight is 665 g/mol. The molecule has 2 fully saturated rings. The molecule has 0 saturated carbocycles. The van der Waals surface area contributed by atoms with Crippen LogP contribution in [-0.4, -0.2) is 68.6 Å². The Labute approximate surface area is 290 Å². The Kier molecular flexibility index (Phi) is 10.2. The summed E-state index contributed by atoms with van der Waals surface area (Å²) in [4.78, 5) is 64.5. The van der Waals surface area contributed by atoms with Crippen LogP contribution in [0.25, 0.3) is 12.2 Å². The Morgan fingerprint density at radius 3 is 1.42 bits per heavy atom. The molecule has 0 spiro atoms. The van der Waals surface area contributed by atoms with Crippen LogP contribution in [-0.2, 0) is 9.59 Å². The topological polar surface area (TPSA) is 125 Å². The van der Waals surface area contributed by atoms with Gasteiger partial charge in [0.2, 0.25) is 11.8 Å². The molecule has 4 aromatic rings. The molecule has 6 rings (SSSR count). The predicted molar refractivity (Wildman–Crippen MR) is 193 cm³/mol. The minimum absolute atomic E-state index is 0.250. The number of benzene rings is 2. The van der Waals surface area contributed by atoms with Gasteiger partial charge in [0.15, 0.2) is 0 Å². The van der Waals surface area contributed by atoms with E-state index < -0.39 is 12.1 Å². The van der Waals surface area contributed by atoms with Gasteiger partial charge in [0.05, 0.1) is 0 Å².